The molecule has 2 rings (SSSR count). The topological polar surface area (TPSA) is 41.5 Å². The van der Waals surface area contributed by atoms with Crippen molar-refractivity contribution in [2.75, 3.05) is 26.3 Å². The van der Waals surface area contributed by atoms with Gasteiger partial charge in [-0.3, -0.25) is 0 Å². The molecule has 3 nitrogen and oxygen atoms in total. The highest BCUT2D eigenvalue weighted by Crippen LogP contribution is 2.28. The molecule has 0 bridgehead atoms. The van der Waals surface area contributed by atoms with Crippen LogP contribution in [0.15, 0.2) is 0 Å². The number of ether oxygens (including phenoxy) is 1. The van der Waals surface area contributed by atoms with E-state index in [-0.39, 0.29) is 6.10 Å². The summed E-state index contributed by atoms with van der Waals surface area (Å²) in [6.07, 6.45) is 8.69. The summed E-state index contributed by atoms with van der Waals surface area (Å²) in [5.41, 5.74) is 0. The largest absolute Gasteiger partial charge is 0.392 e. The van der Waals surface area contributed by atoms with E-state index in [2.05, 4.69) is 5.32 Å². The van der Waals surface area contributed by atoms with Gasteiger partial charge in [0.15, 0.2) is 0 Å². The maximum atomic E-state index is 9.95. The predicted molar refractivity (Wildman–Crippen MR) is 69.0 cm³/mol. The molecule has 0 amide bonds. The normalized spacial score (nSPS) is 28.4. The molecule has 2 N–H and O–H groups in total. The summed E-state index contributed by atoms with van der Waals surface area (Å²) < 4.78 is 5.44. The molecule has 1 aliphatic carbocycles. The van der Waals surface area contributed by atoms with Gasteiger partial charge >= 0.3 is 0 Å². The summed E-state index contributed by atoms with van der Waals surface area (Å²) in [7, 11) is 0. The SMILES string of the molecule is OC(CNCC1CCCOC1)CC1CCCC1. The van der Waals surface area contributed by atoms with Gasteiger partial charge in [0.25, 0.3) is 0 Å². The van der Waals surface area contributed by atoms with E-state index in [0.717, 1.165) is 38.6 Å². The highest BCUT2D eigenvalue weighted by atomic mass is 16.5. The lowest BCUT2D eigenvalue weighted by Crippen LogP contribution is -2.34. The smallest absolute Gasteiger partial charge is 0.0667 e. The Balaban J connectivity index is 1.51. The van der Waals surface area contributed by atoms with E-state index in [0.29, 0.717) is 5.92 Å². The van der Waals surface area contributed by atoms with Crippen LogP contribution >= 0.6 is 0 Å². The zero-order valence-corrected chi connectivity index (χ0v) is 10.9. The fourth-order valence-corrected chi connectivity index (χ4v) is 3.14. The van der Waals surface area contributed by atoms with Crippen LogP contribution in [0.2, 0.25) is 0 Å². The molecule has 0 aromatic rings. The lowest BCUT2D eigenvalue weighted by atomic mass is 9.99. The third-order valence-corrected chi connectivity index (χ3v) is 4.15. The van der Waals surface area contributed by atoms with Gasteiger partial charge < -0.3 is 15.2 Å². The van der Waals surface area contributed by atoms with Gasteiger partial charge in [-0.25, -0.2) is 0 Å². The molecule has 1 aliphatic heterocycles. The molecular formula is C14H27NO2. The van der Waals surface area contributed by atoms with Gasteiger partial charge in [0.1, 0.15) is 0 Å². The molecule has 2 atom stereocenters. The first-order valence-electron chi connectivity index (χ1n) is 7.31. The summed E-state index contributed by atoms with van der Waals surface area (Å²) in [5, 5.41) is 13.3. The molecular weight excluding hydrogens is 214 g/mol. The van der Waals surface area contributed by atoms with Crippen LogP contribution in [0, 0.1) is 11.8 Å². The number of hydrogen-bond donors (Lipinski definition) is 2. The second kappa shape index (κ2) is 7.34. The number of aliphatic hydroxyl groups excluding tert-OH is 1. The summed E-state index contributed by atoms with van der Waals surface area (Å²) in [4.78, 5) is 0. The standard InChI is InChI=1S/C14H27NO2/c16-14(8-12-4-1-2-5-12)10-15-9-13-6-3-7-17-11-13/h12-16H,1-11H2. The van der Waals surface area contributed by atoms with E-state index in [1.807, 2.05) is 0 Å². The van der Waals surface area contributed by atoms with Gasteiger partial charge in [-0.15, -0.1) is 0 Å². The van der Waals surface area contributed by atoms with E-state index in [4.69, 9.17) is 4.74 Å². The fourth-order valence-electron chi connectivity index (χ4n) is 3.14. The highest BCUT2D eigenvalue weighted by Gasteiger charge is 2.19. The van der Waals surface area contributed by atoms with Crippen molar-refractivity contribution in [2.45, 2.75) is 51.0 Å². The van der Waals surface area contributed by atoms with Gasteiger partial charge in [0.05, 0.1) is 12.7 Å². The van der Waals surface area contributed by atoms with Crippen molar-refractivity contribution in [1.29, 1.82) is 0 Å². The molecule has 2 fully saturated rings. The van der Waals surface area contributed by atoms with E-state index in [1.165, 1.54) is 38.5 Å². The van der Waals surface area contributed by atoms with Gasteiger partial charge in [-0.05, 0) is 31.1 Å². The van der Waals surface area contributed by atoms with Crippen LogP contribution in [-0.2, 0) is 4.74 Å². The van der Waals surface area contributed by atoms with Crippen molar-refractivity contribution in [3.8, 4) is 0 Å². The van der Waals surface area contributed by atoms with Crippen molar-refractivity contribution < 1.29 is 9.84 Å². The van der Waals surface area contributed by atoms with Crippen LogP contribution in [0.4, 0.5) is 0 Å². The van der Waals surface area contributed by atoms with E-state index < -0.39 is 0 Å². The first-order chi connectivity index (χ1) is 8.34. The monoisotopic (exact) mass is 241 g/mol. The lowest BCUT2D eigenvalue weighted by molar-refractivity contribution is 0.0526. The molecule has 0 aromatic carbocycles. The van der Waals surface area contributed by atoms with Gasteiger partial charge in [0, 0.05) is 19.7 Å². The number of rotatable bonds is 6. The van der Waals surface area contributed by atoms with Gasteiger partial charge in [-0.1, -0.05) is 25.7 Å². The molecule has 0 spiro atoms. The molecule has 3 heteroatoms. The number of hydrogen-bond acceptors (Lipinski definition) is 3. The Hall–Kier alpha value is -0.120. The number of aliphatic hydroxyl groups is 1. The van der Waals surface area contributed by atoms with Crippen LogP contribution in [0.3, 0.4) is 0 Å². The van der Waals surface area contributed by atoms with Crippen LogP contribution in [0.25, 0.3) is 0 Å². The third-order valence-electron chi connectivity index (χ3n) is 4.15. The van der Waals surface area contributed by atoms with Crippen molar-refractivity contribution in [3.63, 3.8) is 0 Å². The first-order valence-corrected chi connectivity index (χ1v) is 7.31. The van der Waals surface area contributed by atoms with Gasteiger partial charge in [-0.2, -0.15) is 0 Å². The molecule has 1 heterocycles. The average Bonchev–Trinajstić information content (AvgIpc) is 2.83. The molecule has 100 valence electrons. The Morgan fingerprint density at radius 3 is 2.59 bits per heavy atom. The molecule has 1 saturated carbocycles. The highest BCUT2D eigenvalue weighted by molar-refractivity contribution is 4.73. The van der Waals surface area contributed by atoms with E-state index in [9.17, 15) is 5.11 Å². The minimum Gasteiger partial charge on any atom is -0.392 e. The van der Waals surface area contributed by atoms with Crippen molar-refractivity contribution >= 4 is 0 Å². The van der Waals surface area contributed by atoms with E-state index in [1.54, 1.807) is 0 Å². The van der Waals surface area contributed by atoms with Crippen molar-refractivity contribution in [3.05, 3.63) is 0 Å². The summed E-state index contributed by atoms with van der Waals surface area (Å²) in [6, 6.07) is 0. The second-order valence-corrected chi connectivity index (χ2v) is 5.78. The maximum Gasteiger partial charge on any atom is 0.0667 e. The Morgan fingerprint density at radius 2 is 1.88 bits per heavy atom. The molecule has 0 aromatic heterocycles. The first kappa shape index (κ1) is 13.3. The maximum absolute atomic E-state index is 9.95. The molecule has 17 heavy (non-hydrogen) atoms. The van der Waals surface area contributed by atoms with Crippen LogP contribution in [0.5, 0.6) is 0 Å². The number of nitrogens with one attached hydrogen (secondary N) is 1. The summed E-state index contributed by atoms with van der Waals surface area (Å²) in [6.45, 7) is 3.58. The van der Waals surface area contributed by atoms with Crippen molar-refractivity contribution in [2.24, 2.45) is 11.8 Å². The van der Waals surface area contributed by atoms with Crippen molar-refractivity contribution in [1.82, 2.24) is 5.32 Å². The minimum atomic E-state index is -0.150. The summed E-state index contributed by atoms with van der Waals surface area (Å²) >= 11 is 0. The Kier molecular flexibility index (Phi) is 5.75. The van der Waals surface area contributed by atoms with E-state index >= 15 is 0 Å². The summed E-state index contributed by atoms with van der Waals surface area (Å²) in [5.74, 6) is 1.44. The quantitative estimate of drug-likeness (QED) is 0.747. The van der Waals surface area contributed by atoms with Crippen LogP contribution in [0.1, 0.15) is 44.9 Å². The second-order valence-electron chi connectivity index (χ2n) is 5.78. The zero-order chi connectivity index (χ0) is 11.9. The third kappa shape index (κ3) is 4.94. The predicted octanol–water partition coefficient (Wildman–Crippen LogP) is 1.94. The molecule has 2 unspecified atom stereocenters. The van der Waals surface area contributed by atoms with Crippen LogP contribution < -0.4 is 5.32 Å². The minimum absolute atomic E-state index is 0.150. The fraction of sp³-hybridized carbons (Fsp3) is 1.00. The molecule has 1 saturated heterocycles. The molecule has 2 aliphatic rings. The Morgan fingerprint density at radius 1 is 1.12 bits per heavy atom. The Bertz CT molecular complexity index is 198. The molecule has 0 radical (unpaired) electrons. The Labute approximate surface area is 105 Å². The zero-order valence-electron chi connectivity index (χ0n) is 10.9. The average molecular weight is 241 g/mol. The van der Waals surface area contributed by atoms with Crippen LogP contribution in [-0.4, -0.2) is 37.5 Å². The van der Waals surface area contributed by atoms with Gasteiger partial charge in [0.2, 0.25) is 0 Å². The lowest BCUT2D eigenvalue weighted by Gasteiger charge is -2.23.